The molecule has 0 radical (unpaired) electrons. The van der Waals surface area contributed by atoms with Gasteiger partial charge >= 0.3 is 0 Å². The van der Waals surface area contributed by atoms with Crippen LogP contribution in [0.15, 0.2) is 42.5 Å². The number of carbonyl (C=O) groups excluding carboxylic acids is 1. The molecule has 176 valence electrons. The fourth-order valence-electron chi connectivity index (χ4n) is 4.12. The van der Waals surface area contributed by atoms with Crippen LogP contribution in [0.25, 0.3) is 20.8 Å². The first-order valence-electron chi connectivity index (χ1n) is 11.5. The summed E-state index contributed by atoms with van der Waals surface area (Å²) < 4.78 is 25.4. The van der Waals surface area contributed by atoms with E-state index in [-0.39, 0.29) is 17.6 Å². The van der Waals surface area contributed by atoms with Crippen LogP contribution in [0.3, 0.4) is 0 Å². The molecular weight excluding hydrogens is 452 g/mol. The lowest BCUT2D eigenvalue weighted by molar-refractivity contribution is -0.131. The first kappa shape index (κ1) is 23.9. The van der Waals surface area contributed by atoms with E-state index in [9.17, 15) is 13.2 Å². The van der Waals surface area contributed by atoms with Crippen molar-refractivity contribution in [2.45, 2.75) is 51.7 Å². The van der Waals surface area contributed by atoms with Crippen molar-refractivity contribution in [2.75, 3.05) is 18.8 Å². The Morgan fingerprint density at radius 3 is 2.39 bits per heavy atom. The van der Waals surface area contributed by atoms with Crippen molar-refractivity contribution in [2.24, 2.45) is 5.92 Å². The number of piperidine rings is 1. The van der Waals surface area contributed by atoms with E-state index >= 15 is 0 Å². The molecule has 0 spiro atoms. The predicted molar refractivity (Wildman–Crippen MR) is 136 cm³/mol. The van der Waals surface area contributed by atoms with Crippen molar-refractivity contribution in [3.05, 3.63) is 53.6 Å². The summed E-state index contributed by atoms with van der Waals surface area (Å²) >= 11 is 1.68. The van der Waals surface area contributed by atoms with Crippen LogP contribution in [0, 0.1) is 12.8 Å². The quantitative estimate of drug-likeness (QED) is 0.495. The number of rotatable bonds is 5. The van der Waals surface area contributed by atoms with Gasteiger partial charge in [-0.15, -0.1) is 11.3 Å². The largest absolute Gasteiger partial charge is 0.342 e. The van der Waals surface area contributed by atoms with E-state index in [4.69, 9.17) is 4.98 Å². The molecule has 1 saturated heterocycles. The van der Waals surface area contributed by atoms with Crippen LogP contribution in [0.2, 0.25) is 0 Å². The summed E-state index contributed by atoms with van der Waals surface area (Å²) in [4.78, 5) is 19.4. The topological polar surface area (TPSA) is 67.3 Å². The van der Waals surface area contributed by atoms with Crippen LogP contribution in [0.1, 0.15) is 44.7 Å². The highest BCUT2D eigenvalue weighted by Crippen LogP contribution is 2.31. The number of nitrogens with zero attached hydrogens (tertiary/aromatic N) is 2. The second-order valence-corrected chi connectivity index (χ2v) is 13.9. The van der Waals surface area contributed by atoms with Crippen molar-refractivity contribution in [3.63, 3.8) is 0 Å². The molecule has 7 heteroatoms. The van der Waals surface area contributed by atoms with Gasteiger partial charge in [0.15, 0.2) is 9.84 Å². The lowest BCUT2D eigenvalue weighted by Gasteiger charge is -2.33. The van der Waals surface area contributed by atoms with Crippen LogP contribution < -0.4 is 0 Å². The minimum absolute atomic E-state index is 0.107. The van der Waals surface area contributed by atoms with Crippen molar-refractivity contribution in [1.82, 2.24) is 9.88 Å². The molecule has 0 unspecified atom stereocenters. The molecule has 1 aromatic heterocycles. The molecule has 1 amide bonds. The second kappa shape index (κ2) is 9.18. The van der Waals surface area contributed by atoms with Crippen LogP contribution in [0.5, 0.6) is 0 Å². The molecule has 1 aliphatic rings. The Balaban J connectivity index is 1.33. The third-order valence-corrected chi connectivity index (χ3v) is 10.3. The molecule has 2 heterocycles. The average molecular weight is 485 g/mol. The fourth-order valence-corrected chi connectivity index (χ4v) is 6.64. The molecule has 2 aromatic carbocycles. The summed E-state index contributed by atoms with van der Waals surface area (Å²) in [6.07, 6.45) is 1.86. The summed E-state index contributed by atoms with van der Waals surface area (Å²) in [5, 5.41) is 0.987. The first-order valence-corrected chi connectivity index (χ1v) is 14.0. The lowest BCUT2D eigenvalue weighted by atomic mass is 9.98. The molecule has 0 N–H and O–H groups in total. The number of carbonyl (C=O) groups is 1. The Morgan fingerprint density at radius 2 is 1.76 bits per heavy atom. The van der Waals surface area contributed by atoms with Crippen molar-refractivity contribution in [1.29, 1.82) is 0 Å². The van der Waals surface area contributed by atoms with Gasteiger partial charge in [-0.1, -0.05) is 30.3 Å². The molecule has 0 aliphatic carbocycles. The smallest absolute Gasteiger partial charge is 0.226 e. The molecule has 0 atom stereocenters. The zero-order valence-corrected chi connectivity index (χ0v) is 21.4. The van der Waals surface area contributed by atoms with E-state index < -0.39 is 14.6 Å². The van der Waals surface area contributed by atoms with Gasteiger partial charge in [-0.05, 0) is 69.7 Å². The number of aromatic nitrogens is 1. The first-order chi connectivity index (χ1) is 15.5. The van der Waals surface area contributed by atoms with Crippen LogP contribution in [-0.2, 0) is 21.1 Å². The van der Waals surface area contributed by atoms with E-state index in [1.165, 1.54) is 10.3 Å². The van der Waals surface area contributed by atoms with Crippen molar-refractivity contribution in [3.8, 4) is 10.6 Å². The van der Waals surface area contributed by atoms with Gasteiger partial charge < -0.3 is 4.90 Å². The van der Waals surface area contributed by atoms with Gasteiger partial charge in [0, 0.05) is 18.7 Å². The molecule has 0 bridgehead atoms. The normalized spacial score (nSPS) is 15.8. The van der Waals surface area contributed by atoms with Gasteiger partial charge in [0.25, 0.3) is 0 Å². The number of aryl methyl sites for hydroxylation is 1. The fraction of sp³-hybridized carbons (Fsp3) is 0.462. The van der Waals surface area contributed by atoms with Crippen molar-refractivity contribution >= 4 is 37.3 Å². The van der Waals surface area contributed by atoms with E-state index in [0.717, 1.165) is 34.5 Å². The standard InChI is InChI=1S/C26H32N2O3S2/c1-18-5-10-22-23(15-18)32-25(27-22)21-8-6-19(7-9-21)16-24(29)28-13-11-20(12-14-28)17-33(30,31)26(2,3)4/h5-10,15,20H,11-14,16-17H2,1-4H3. The summed E-state index contributed by atoms with van der Waals surface area (Å²) in [5.41, 5.74) is 4.29. The molecule has 1 aliphatic heterocycles. The van der Waals surface area contributed by atoms with Gasteiger partial charge in [-0.2, -0.15) is 0 Å². The minimum atomic E-state index is -3.13. The second-order valence-electron chi connectivity index (χ2n) is 10.1. The minimum Gasteiger partial charge on any atom is -0.342 e. The lowest BCUT2D eigenvalue weighted by Crippen LogP contribution is -2.42. The Morgan fingerprint density at radius 1 is 1.09 bits per heavy atom. The Hall–Kier alpha value is -2.25. The maximum absolute atomic E-state index is 12.8. The predicted octanol–water partition coefficient (Wildman–Crippen LogP) is 5.27. The van der Waals surface area contributed by atoms with Crippen molar-refractivity contribution < 1.29 is 13.2 Å². The van der Waals surface area contributed by atoms with E-state index in [0.29, 0.717) is 19.5 Å². The monoisotopic (exact) mass is 484 g/mol. The number of thiazole rings is 1. The summed E-state index contributed by atoms with van der Waals surface area (Å²) in [7, 11) is -3.13. The maximum Gasteiger partial charge on any atom is 0.226 e. The summed E-state index contributed by atoms with van der Waals surface area (Å²) in [5.74, 6) is 0.455. The van der Waals surface area contributed by atoms with Gasteiger partial charge in [0.05, 0.1) is 27.1 Å². The Bertz CT molecular complexity index is 1250. The highest BCUT2D eigenvalue weighted by atomic mass is 32.2. The molecular formula is C26H32N2O3S2. The van der Waals surface area contributed by atoms with Gasteiger partial charge in [-0.3, -0.25) is 4.79 Å². The van der Waals surface area contributed by atoms with Crippen LogP contribution in [0.4, 0.5) is 0 Å². The zero-order valence-electron chi connectivity index (χ0n) is 19.8. The SMILES string of the molecule is Cc1ccc2nc(-c3ccc(CC(=O)N4CCC(CS(=O)(=O)C(C)(C)C)CC4)cc3)sc2c1. The molecule has 1 fully saturated rings. The van der Waals surface area contributed by atoms with Gasteiger partial charge in [0.1, 0.15) is 5.01 Å². The van der Waals surface area contributed by atoms with E-state index in [2.05, 4.69) is 25.1 Å². The Kier molecular flexibility index (Phi) is 6.65. The van der Waals surface area contributed by atoms with Gasteiger partial charge in [0.2, 0.25) is 5.91 Å². The maximum atomic E-state index is 12.8. The Labute approximate surface area is 200 Å². The third-order valence-electron chi connectivity index (χ3n) is 6.46. The van der Waals surface area contributed by atoms with E-state index in [1.54, 1.807) is 32.1 Å². The summed E-state index contributed by atoms with van der Waals surface area (Å²) in [6.45, 7) is 8.61. The molecule has 3 aromatic rings. The number of amides is 1. The van der Waals surface area contributed by atoms with E-state index in [1.807, 2.05) is 29.2 Å². The molecule has 33 heavy (non-hydrogen) atoms. The zero-order chi connectivity index (χ0) is 23.8. The highest BCUT2D eigenvalue weighted by molar-refractivity contribution is 7.92. The van der Waals surface area contributed by atoms with Gasteiger partial charge in [-0.25, -0.2) is 13.4 Å². The number of fused-ring (bicyclic) bond motifs is 1. The number of hydrogen-bond donors (Lipinski definition) is 0. The number of hydrogen-bond acceptors (Lipinski definition) is 5. The van der Waals surface area contributed by atoms with Crippen LogP contribution >= 0.6 is 11.3 Å². The molecule has 5 nitrogen and oxygen atoms in total. The molecule has 0 saturated carbocycles. The molecule has 4 rings (SSSR count). The third kappa shape index (κ3) is 5.46. The van der Waals surface area contributed by atoms with Crippen LogP contribution in [-0.4, -0.2) is 47.8 Å². The number of benzene rings is 2. The highest BCUT2D eigenvalue weighted by Gasteiger charge is 2.33. The number of likely N-dealkylation sites (tertiary alicyclic amines) is 1. The number of sulfone groups is 1. The summed E-state index contributed by atoms with van der Waals surface area (Å²) in [6, 6.07) is 14.4. The average Bonchev–Trinajstić information content (AvgIpc) is 3.17.